The lowest BCUT2D eigenvalue weighted by atomic mass is 10.0. The highest BCUT2D eigenvalue weighted by Crippen LogP contribution is 2.23. The van der Waals surface area contributed by atoms with Crippen molar-refractivity contribution in [2.75, 3.05) is 11.9 Å². The van der Waals surface area contributed by atoms with Crippen LogP contribution in [-0.4, -0.2) is 38.2 Å². The van der Waals surface area contributed by atoms with Gasteiger partial charge in [0.1, 0.15) is 11.6 Å². The minimum Gasteiger partial charge on any atom is -0.309 e. The summed E-state index contributed by atoms with van der Waals surface area (Å²) in [6.45, 7) is 3.24. The molecule has 3 heterocycles. The molecule has 0 spiro atoms. The van der Waals surface area contributed by atoms with Crippen molar-refractivity contribution in [1.82, 2.24) is 19.7 Å². The fourth-order valence-electron chi connectivity index (χ4n) is 3.80. The van der Waals surface area contributed by atoms with E-state index in [0.717, 1.165) is 37.1 Å². The molecule has 1 amide bonds. The largest absolute Gasteiger partial charge is 0.309 e. The number of carbonyl (C=O) groups excluding carboxylic acids is 1. The van der Waals surface area contributed by atoms with E-state index in [4.69, 9.17) is 0 Å². The van der Waals surface area contributed by atoms with Crippen molar-refractivity contribution >= 4 is 11.7 Å². The predicted molar refractivity (Wildman–Crippen MR) is 109 cm³/mol. The van der Waals surface area contributed by atoms with Crippen LogP contribution < -0.4 is 5.32 Å². The number of piperidine rings is 1. The van der Waals surface area contributed by atoms with E-state index in [0.29, 0.717) is 18.2 Å². The highest BCUT2D eigenvalue weighted by Gasteiger charge is 2.29. The van der Waals surface area contributed by atoms with Crippen molar-refractivity contribution in [2.45, 2.75) is 38.8 Å². The number of amides is 1. The molecule has 0 radical (unpaired) electrons. The molecule has 3 aromatic rings. The summed E-state index contributed by atoms with van der Waals surface area (Å²) in [4.78, 5) is 19.6. The Labute approximate surface area is 169 Å². The third-order valence-corrected chi connectivity index (χ3v) is 5.14. The Morgan fingerprint density at radius 2 is 2.10 bits per heavy atom. The molecule has 0 aliphatic carbocycles. The first-order valence-electron chi connectivity index (χ1n) is 9.87. The van der Waals surface area contributed by atoms with Crippen molar-refractivity contribution < 1.29 is 9.18 Å². The molecule has 1 aliphatic rings. The summed E-state index contributed by atoms with van der Waals surface area (Å²) in [5.41, 5.74) is 1.67. The molecule has 1 unspecified atom stereocenters. The first-order valence-corrected chi connectivity index (χ1v) is 9.87. The van der Waals surface area contributed by atoms with Crippen molar-refractivity contribution in [3.63, 3.8) is 0 Å². The Morgan fingerprint density at radius 1 is 1.21 bits per heavy atom. The summed E-state index contributed by atoms with van der Waals surface area (Å²) >= 11 is 0. The lowest BCUT2D eigenvalue weighted by molar-refractivity contribution is -0.122. The number of aromatic nitrogens is 3. The number of hydrogen-bond acceptors (Lipinski definition) is 4. The van der Waals surface area contributed by atoms with Gasteiger partial charge < -0.3 is 5.32 Å². The molecule has 4 rings (SSSR count). The number of halogens is 1. The summed E-state index contributed by atoms with van der Waals surface area (Å²) < 4.78 is 15.2. The summed E-state index contributed by atoms with van der Waals surface area (Å²) in [5, 5.41) is 7.49. The molecule has 2 aromatic heterocycles. The molecule has 1 N–H and O–H groups in total. The van der Waals surface area contributed by atoms with Gasteiger partial charge in [0.15, 0.2) is 5.82 Å². The second-order valence-corrected chi connectivity index (χ2v) is 7.37. The maximum absolute atomic E-state index is 13.6. The number of aryl methyl sites for hydroxylation is 1. The van der Waals surface area contributed by atoms with Gasteiger partial charge in [-0.05, 0) is 56.1 Å². The zero-order chi connectivity index (χ0) is 20.2. The quantitative estimate of drug-likeness (QED) is 0.718. The van der Waals surface area contributed by atoms with Crippen LogP contribution in [0.4, 0.5) is 10.2 Å². The van der Waals surface area contributed by atoms with E-state index in [2.05, 4.69) is 20.3 Å². The maximum Gasteiger partial charge on any atom is 0.242 e. The van der Waals surface area contributed by atoms with Gasteiger partial charge >= 0.3 is 0 Å². The van der Waals surface area contributed by atoms with Crippen molar-refractivity contribution in [3.05, 3.63) is 71.8 Å². The van der Waals surface area contributed by atoms with Crippen LogP contribution in [0.3, 0.4) is 0 Å². The van der Waals surface area contributed by atoms with E-state index in [-0.39, 0.29) is 17.8 Å². The van der Waals surface area contributed by atoms with Gasteiger partial charge in [-0.25, -0.2) is 9.37 Å². The number of anilines is 1. The van der Waals surface area contributed by atoms with Gasteiger partial charge in [0.25, 0.3) is 0 Å². The Bertz CT molecular complexity index is 988. The monoisotopic (exact) mass is 393 g/mol. The van der Waals surface area contributed by atoms with Gasteiger partial charge in [-0.1, -0.05) is 24.6 Å². The topological polar surface area (TPSA) is 63.1 Å². The molecule has 7 heteroatoms. The fraction of sp³-hybridized carbons (Fsp3) is 0.318. The lowest BCUT2D eigenvalue weighted by Gasteiger charge is -2.34. The Balaban J connectivity index is 1.52. The zero-order valence-electron chi connectivity index (χ0n) is 16.4. The first kappa shape index (κ1) is 19.3. The minimum atomic E-state index is -0.264. The smallest absolute Gasteiger partial charge is 0.242 e. The van der Waals surface area contributed by atoms with Gasteiger partial charge in [0.2, 0.25) is 5.91 Å². The molecule has 1 saturated heterocycles. The third-order valence-electron chi connectivity index (χ3n) is 5.14. The molecule has 150 valence electrons. The number of benzene rings is 1. The van der Waals surface area contributed by atoms with Gasteiger partial charge in [-0.2, -0.15) is 9.78 Å². The summed E-state index contributed by atoms with van der Waals surface area (Å²) in [6.07, 6.45) is 4.50. The van der Waals surface area contributed by atoms with E-state index in [1.54, 1.807) is 16.9 Å². The molecular formula is C22H24FN5O. The second-order valence-electron chi connectivity index (χ2n) is 7.37. The van der Waals surface area contributed by atoms with Crippen LogP contribution in [0.5, 0.6) is 0 Å². The second kappa shape index (κ2) is 8.53. The highest BCUT2D eigenvalue weighted by atomic mass is 19.1. The van der Waals surface area contributed by atoms with Crippen LogP contribution in [0.2, 0.25) is 0 Å². The number of nitrogens with zero attached hydrogens (tertiary/aromatic N) is 4. The zero-order valence-corrected chi connectivity index (χ0v) is 16.4. The lowest BCUT2D eigenvalue weighted by Crippen LogP contribution is -2.46. The first-order chi connectivity index (χ1) is 14.1. The van der Waals surface area contributed by atoms with E-state index >= 15 is 0 Å². The summed E-state index contributed by atoms with van der Waals surface area (Å²) in [6, 6.07) is 13.7. The average molecular weight is 393 g/mol. The van der Waals surface area contributed by atoms with Gasteiger partial charge in [-0.15, -0.1) is 0 Å². The molecule has 1 atom stereocenters. The third kappa shape index (κ3) is 4.51. The van der Waals surface area contributed by atoms with Crippen LogP contribution in [0, 0.1) is 12.7 Å². The minimum absolute atomic E-state index is 0.0711. The normalized spacial score (nSPS) is 17.2. The van der Waals surface area contributed by atoms with Crippen molar-refractivity contribution in [1.29, 1.82) is 0 Å². The Hall–Kier alpha value is -3.06. The van der Waals surface area contributed by atoms with Crippen LogP contribution in [-0.2, 0) is 11.3 Å². The molecule has 1 aliphatic heterocycles. The fourth-order valence-corrected chi connectivity index (χ4v) is 3.80. The van der Waals surface area contributed by atoms with Gasteiger partial charge in [0, 0.05) is 18.8 Å². The molecule has 1 fully saturated rings. The number of nitrogens with one attached hydrogen (secondary N) is 1. The number of rotatable bonds is 5. The Morgan fingerprint density at radius 3 is 2.90 bits per heavy atom. The van der Waals surface area contributed by atoms with Crippen LogP contribution in [0.15, 0.2) is 54.7 Å². The van der Waals surface area contributed by atoms with E-state index in [1.165, 1.54) is 12.1 Å². The van der Waals surface area contributed by atoms with E-state index in [9.17, 15) is 9.18 Å². The molecule has 6 nitrogen and oxygen atoms in total. The van der Waals surface area contributed by atoms with E-state index < -0.39 is 0 Å². The average Bonchev–Trinajstić information content (AvgIpc) is 3.09. The van der Waals surface area contributed by atoms with Crippen LogP contribution in [0.25, 0.3) is 5.82 Å². The van der Waals surface area contributed by atoms with Crippen molar-refractivity contribution in [3.8, 4) is 5.82 Å². The number of likely N-dealkylation sites (tertiary alicyclic amines) is 1. The molecule has 29 heavy (non-hydrogen) atoms. The molecular weight excluding hydrogens is 369 g/mol. The van der Waals surface area contributed by atoms with E-state index in [1.807, 2.05) is 37.3 Å². The standard InChI is InChI=1S/C22H24FN5O/c1-16-13-21(28(26-16)20-10-2-4-11-24-20)25-22(29)19-9-3-5-12-27(19)15-17-7-6-8-18(23)14-17/h2,4,6-8,10-11,13-14,19H,3,5,9,12,15H2,1H3,(H,25,29). The number of pyridine rings is 1. The highest BCUT2D eigenvalue weighted by molar-refractivity contribution is 5.94. The summed E-state index contributed by atoms with van der Waals surface area (Å²) in [5.74, 6) is 0.923. The van der Waals surface area contributed by atoms with Gasteiger partial charge in [-0.3, -0.25) is 9.69 Å². The predicted octanol–water partition coefficient (Wildman–Crippen LogP) is 3.71. The van der Waals surface area contributed by atoms with Crippen LogP contribution in [0.1, 0.15) is 30.5 Å². The molecule has 1 aromatic carbocycles. The number of carbonyl (C=O) groups is 1. The number of hydrogen-bond donors (Lipinski definition) is 1. The summed E-state index contributed by atoms with van der Waals surface area (Å²) in [7, 11) is 0. The van der Waals surface area contributed by atoms with Gasteiger partial charge in [0.05, 0.1) is 11.7 Å². The van der Waals surface area contributed by atoms with Crippen LogP contribution >= 0.6 is 0 Å². The SMILES string of the molecule is Cc1cc(NC(=O)C2CCCCN2Cc2cccc(F)c2)n(-c2ccccn2)n1. The molecule has 0 saturated carbocycles. The maximum atomic E-state index is 13.6. The van der Waals surface area contributed by atoms with Crippen molar-refractivity contribution in [2.24, 2.45) is 0 Å². The Kier molecular flexibility index (Phi) is 5.67. The molecule has 0 bridgehead atoms.